The molecule has 2 N–H and O–H groups in total. The highest BCUT2D eigenvalue weighted by Crippen LogP contribution is 2.38. The highest BCUT2D eigenvalue weighted by molar-refractivity contribution is 9.10. The van der Waals surface area contributed by atoms with Crippen LogP contribution in [0.4, 0.5) is 5.82 Å². The Balaban J connectivity index is 1.56. The highest BCUT2D eigenvalue weighted by atomic mass is 79.9. The average molecular weight is 478 g/mol. The number of aromatic nitrogens is 4. The lowest BCUT2D eigenvalue weighted by atomic mass is 9.96. The van der Waals surface area contributed by atoms with E-state index in [1.807, 2.05) is 47.0 Å². The van der Waals surface area contributed by atoms with Gasteiger partial charge in [-0.25, -0.2) is 15.0 Å². The average Bonchev–Trinajstić information content (AvgIpc) is 3.47. The van der Waals surface area contributed by atoms with Gasteiger partial charge in [-0.15, -0.1) is 0 Å². The van der Waals surface area contributed by atoms with Crippen LogP contribution in [0.5, 0.6) is 0 Å². The minimum atomic E-state index is -0.326. The van der Waals surface area contributed by atoms with Gasteiger partial charge in [0.2, 0.25) is 6.79 Å². The van der Waals surface area contributed by atoms with Gasteiger partial charge in [0.1, 0.15) is 18.0 Å². The third kappa shape index (κ3) is 3.86. The molecule has 8 heteroatoms. The molecule has 0 fully saturated rings. The van der Waals surface area contributed by atoms with Crippen molar-refractivity contribution in [2.75, 3.05) is 12.5 Å². The molecule has 0 bridgehead atoms. The van der Waals surface area contributed by atoms with Crippen molar-refractivity contribution in [3.05, 3.63) is 94.4 Å². The Kier molecular flexibility index (Phi) is 5.30. The van der Waals surface area contributed by atoms with Crippen LogP contribution in [0.15, 0.2) is 77.4 Å². The molecule has 2 aromatic rings. The first kappa shape index (κ1) is 19.6. The number of anilines is 1. The van der Waals surface area contributed by atoms with Gasteiger partial charge in [0, 0.05) is 11.0 Å². The van der Waals surface area contributed by atoms with Gasteiger partial charge in [0.05, 0.1) is 6.33 Å². The number of aryl methyl sites for hydroxylation is 2. The highest BCUT2D eigenvalue weighted by Gasteiger charge is 2.31. The van der Waals surface area contributed by atoms with Crippen molar-refractivity contribution in [3.8, 4) is 11.5 Å². The molecule has 5 rings (SSSR count). The van der Waals surface area contributed by atoms with E-state index in [1.54, 1.807) is 12.6 Å². The van der Waals surface area contributed by atoms with E-state index >= 15 is 0 Å². The summed E-state index contributed by atoms with van der Waals surface area (Å²) in [4.78, 5) is 14.0. The Bertz CT molecular complexity index is 1210. The Morgan fingerprint density at radius 2 is 1.87 bits per heavy atom. The van der Waals surface area contributed by atoms with Gasteiger partial charge in [0.15, 0.2) is 23.1 Å². The summed E-state index contributed by atoms with van der Waals surface area (Å²) in [5.74, 6) is 1.98. The molecule has 0 radical (unpaired) electrons. The number of halogens is 1. The lowest BCUT2D eigenvalue weighted by Gasteiger charge is -2.15. The quantitative estimate of drug-likeness (QED) is 0.444. The topological polar surface area (TPSA) is 88.1 Å². The fraction of sp³-hybridized carbons (Fsp3) is 0.174. The van der Waals surface area contributed by atoms with E-state index in [9.17, 15) is 0 Å². The van der Waals surface area contributed by atoms with Gasteiger partial charge < -0.3 is 19.8 Å². The molecule has 1 atom stereocenters. The number of nitrogens with zero attached hydrogens (tertiary/aromatic N) is 4. The standard InChI is InChI=1S/C23H20BrN5O2/c24-17-9-5-4-8-16(17)19(18-12-30-14-31-18)22-27-20-21(25)26-13-29(23(20)28-22)11-10-15-6-2-1-3-7-15/h1-9,12-13,19H,10-11,14,25H2. The molecule has 0 amide bonds. The third-order valence-electron chi connectivity index (χ3n) is 5.25. The zero-order chi connectivity index (χ0) is 21.2. The van der Waals surface area contributed by atoms with E-state index in [0.717, 1.165) is 16.5 Å². The maximum absolute atomic E-state index is 6.16. The van der Waals surface area contributed by atoms with Crippen molar-refractivity contribution >= 4 is 21.7 Å². The van der Waals surface area contributed by atoms with Crippen LogP contribution < -0.4 is 5.73 Å². The van der Waals surface area contributed by atoms with E-state index in [0.29, 0.717) is 35.5 Å². The van der Waals surface area contributed by atoms with Gasteiger partial charge in [-0.05, 0) is 23.6 Å². The molecular formula is C23H20BrN5O2. The van der Waals surface area contributed by atoms with Crippen LogP contribution in [0.25, 0.3) is 11.5 Å². The van der Waals surface area contributed by atoms with Crippen LogP contribution in [-0.4, -0.2) is 26.3 Å². The molecular weight excluding hydrogens is 458 g/mol. The van der Waals surface area contributed by atoms with E-state index in [4.69, 9.17) is 25.2 Å². The number of ether oxygens (including phenoxy) is 2. The predicted octanol–water partition coefficient (Wildman–Crippen LogP) is 4.34. The number of allylic oxidation sites excluding steroid dienone is 1. The SMILES string of the molecule is Nc1ncn(CCc2ccccc2)c2nc(C(C3=COCO3)c3ccccc3Br)nc1-2. The number of imidazole rings is 1. The second-order valence-electron chi connectivity index (χ2n) is 7.22. The molecule has 0 saturated carbocycles. The van der Waals surface area contributed by atoms with E-state index in [1.165, 1.54) is 5.56 Å². The zero-order valence-electron chi connectivity index (χ0n) is 16.6. The summed E-state index contributed by atoms with van der Waals surface area (Å²) in [7, 11) is 0. The lowest BCUT2D eigenvalue weighted by molar-refractivity contribution is 0.0766. The summed E-state index contributed by atoms with van der Waals surface area (Å²) in [5, 5.41) is 0. The van der Waals surface area contributed by atoms with E-state index in [-0.39, 0.29) is 12.7 Å². The summed E-state index contributed by atoms with van der Waals surface area (Å²) >= 11 is 3.64. The molecule has 0 saturated heterocycles. The van der Waals surface area contributed by atoms with Crippen LogP contribution in [0.1, 0.15) is 22.9 Å². The van der Waals surface area contributed by atoms with Crippen molar-refractivity contribution in [1.29, 1.82) is 0 Å². The van der Waals surface area contributed by atoms with Crippen LogP contribution in [0, 0.1) is 0 Å². The maximum Gasteiger partial charge on any atom is 0.229 e. The number of hydrogen-bond acceptors (Lipinski definition) is 6. The van der Waals surface area contributed by atoms with Crippen molar-refractivity contribution in [3.63, 3.8) is 0 Å². The lowest BCUT2D eigenvalue weighted by Crippen LogP contribution is -2.10. The van der Waals surface area contributed by atoms with Crippen molar-refractivity contribution in [2.24, 2.45) is 0 Å². The molecule has 0 spiro atoms. The summed E-state index contributed by atoms with van der Waals surface area (Å²) in [6, 6.07) is 18.2. The van der Waals surface area contributed by atoms with Crippen LogP contribution >= 0.6 is 15.9 Å². The van der Waals surface area contributed by atoms with Gasteiger partial charge in [-0.1, -0.05) is 64.5 Å². The number of benzene rings is 2. The van der Waals surface area contributed by atoms with Gasteiger partial charge in [-0.3, -0.25) is 0 Å². The summed E-state index contributed by atoms with van der Waals surface area (Å²) in [6.07, 6.45) is 4.20. The summed E-state index contributed by atoms with van der Waals surface area (Å²) < 4.78 is 14.0. The molecule has 0 aliphatic carbocycles. The summed E-state index contributed by atoms with van der Waals surface area (Å²) in [5.41, 5.74) is 8.97. The first-order valence-electron chi connectivity index (χ1n) is 9.92. The first-order chi connectivity index (χ1) is 15.2. The van der Waals surface area contributed by atoms with Crippen molar-refractivity contribution in [2.45, 2.75) is 18.9 Å². The Hall–Kier alpha value is -3.39. The molecule has 31 heavy (non-hydrogen) atoms. The molecule has 3 aliphatic heterocycles. The van der Waals surface area contributed by atoms with Crippen LogP contribution in [0.3, 0.4) is 0 Å². The minimum absolute atomic E-state index is 0.178. The summed E-state index contributed by atoms with van der Waals surface area (Å²) in [6.45, 7) is 0.894. The van der Waals surface area contributed by atoms with Crippen molar-refractivity contribution < 1.29 is 9.47 Å². The fourth-order valence-corrected chi connectivity index (χ4v) is 4.20. The van der Waals surface area contributed by atoms with Crippen molar-refractivity contribution in [1.82, 2.24) is 19.5 Å². The molecule has 156 valence electrons. The fourth-order valence-electron chi connectivity index (χ4n) is 3.69. The Morgan fingerprint density at radius 3 is 2.65 bits per heavy atom. The molecule has 3 heterocycles. The van der Waals surface area contributed by atoms with Gasteiger partial charge in [0.25, 0.3) is 0 Å². The van der Waals surface area contributed by atoms with Gasteiger partial charge in [-0.2, -0.15) is 0 Å². The van der Waals surface area contributed by atoms with E-state index in [2.05, 4.69) is 33.0 Å². The first-order valence-corrected chi connectivity index (χ1v) is 10.7. The second kappa shape index (κ2) is 8.39. The molecule has 1 unspecified atom stereocenters. The number of rotatable bonds is 6. The van der Waals surface area contributed by atoms with Crippen LogP contribution in [-0.2, 0) is 22.4 Å². The molecule has 2 aromatic carbocycles. The second-order valence-corrected chi connectivity index (χ2v) is 8.07. The predicted molar refractivity (Wildman–Crippen MR) is 120 cm³/mol. The smallest absolute Gasteiger partial charge is 0.229 e. The zero-order valence-corrected chi connectivity index (χ0v) is 18.2. The largest absolute Gasteiger partial charge is 0.462 e. The maximum atomic E-state index is 6.16. The van der Waals surface area contributed by atoms with E-state index < -0.39 is 0 Å². The third-order valence-corrected chi connectivity index (χ3v) is 5.97. The molecule has 0 aromatic heterocycles. The Labute approximate surface area is 188 Å². The molecule has 3 aliphatic rings. The number of hydrogen-bond donors (Lipinski definition) is 1. The Morgan fingerprint density at radius 1 is 1.06 bits per heavy atom. The van der Waals surface area contributed by atoms with Gasteiger partial charge >= 0.3 is 0 Å². The number of fused-ring (bicyclic) bond motifs is 1. The normalized spacial score (nSPS) is 14.2. The van der Waals surface area contributed by atoms with Crippen LogP contribution in [0.2, 0.25) is 0 Å². The minimum Gasteiger partial charge on any atom is -0.462 e. The molecule has 7 nitrogen and oxygen atoms in total. The number of nitrogens with two attached hydrogens (primary N) is 1. The monoisotopic (exact) mass is 477 g/mol. The number of nitrogen functional groups attached to an aromatic ring is 1.